The lowest BCUT2D eigenvalue weighted by Gasteiger charge is -2.28. The Balaban J connectivity index is 0.00000148. The summed E-state index contributed by atoms with van der Waals surface area (Å²) in [5.74, 6) is 0.0334. The van der Waals surface area contributed by atoms with Crippen molar-refractivity contribution in [3.63, 3.8) is 0 Å². The second kappa shape index (κ2) is 15.4. The highest BCUT2D eigenvalue weighted by Crippen LogP contribution is 2.28. The van der Waals surface area contributed by atoms with Crippen LogP contribution in [0.15, 0.2) is 78.0 Å². The van der Waals surface area contributed by atoms with Gasteiger partial charge < -0.3 is 20.1 Å². The number of hydrogen-bond acceptors (Lipinski definition) is 8. The van der Waals surface area contributed by atoms with Crippen LogP contribution in [0.3, 0.4) is 0 Å². The number of aromatic nitrogens is 2. The largest absolute Gasteiger partial charge is 0.491 e. The summed E-state index contributed by atoms with van der Waals surface area (Å²) in [5, 5.41) is 10.0. The van der Waals surface area contributed by atoms with Crippen molar-refractivity contribution in [3.8, 4) is 17.0 Å². The first-order valence-electron chi connectivity index (χ1n) is 14.2. The summed E-state index contributed by atoms with van der Waals surface area (Å²) < 4.78 is 62.4. The molecule has 2 heterocycles. The van der Waals surface area contributed by atoms with E-state index in [1.807, 2.05) is 0 Å². The Kier molecular flexibility index (Phi) is 11.4. The number of aryl methyl sites for hydroxylation is 1. The maximum Gasteiger partial charge on any atom is 0.290 e. The number of anilines is 3. The summed E-state index contributed by atoms with van der Waals surface area (Å²) in [4.78, 5) is 18.8. The standard InChI is InChI=1S/C31H33F2N5O3S.CH2O2/c1-21-3-10-30(27(33)17-21)42(39,40)37-25-7-5-24(6-8-25)36-31-19-28(34-20-35-31)23-4-9-29(26(32)18-23)41-16-13-22-11-14-38(2)15-12-22;2-1-3/h3-10,17-20,22,37H,11-16H2,1-2H3,(H,34,35,36);1H,(H,2,3). The van der Waals surface area contributed by atoms with E-state index in [1.165, 1.54) is 30.6 Å². The molecule has 3 N–H and O–H groups in total. The summed E-state index contributed by atoms with van der Waals surface area (Å²) >= 11 is 0. The Morgan fingerprint density at radius 2 is 1.67 bits per heavy atom. The Morgan fingerprint density at radius 3 is 2.33 bits per heavy atom. The van der Waals surface area contributed by atoms with Crippen molar-refractivity contribution in [2.24, 2.45) is 5.92 Å². The van der Waals surface area contributed by atoms with E-state index >= 15 is 0 Å². The number of halogens is 2. The van der Waals surface area contributed by atoms with Crippen LogP contribution in [0.2, 0.25) is 0 Å². The second-order valence-electron chi connectivity index (χ2n) is 10.7. The molecule has 1 saturated heterocycles. The highest BCUT2D eigenvalue weighted by molar-refractivity contribution is 7.92. The minimum Gasteiger partial charge on any atom is -0.491 e. The zero-order chi connectivity index (χ0) is 32.4. The van der Waals surface area contributed by atoms with Gasteiger partial charge in [0.2, 0.25) is 0 Å². The molecule has 3 aromatic carbocycles. The molecule has 45 heavy (non-hydrogen) atoms. The molecule has 0 amide bonds. The number of likely N-dealkylation sites (tertiary alicyclic amines) is 1. The molecule has 13 heteroatoms. The SMILES string of the molecule is Cc1ccc(S(=O)(=O)Nc2ccc(Nc3cc(-c4ccc(OCCC5CCN(C)CC5)c(F)c4)ncn3)cc2)c(F)c1.O=CO. The van der Waals surface area contributed by atoms with Gasteiger partial charge in [0.1, 0.15) is 22.9 Å². The molecule has 1 aliphatic heterocycles. The van der Waals surface area contributed by atoms with E-state index in [1.54, 1.807) is 49.4 Å². The summed E-state index contributed by atoms with van der Waals surface area (Å²) in [6.45, 7) is 4.09. The maximum absolute atomic E-state index is 14.8. The van der Waals surface area contributed by atoms with E-state index in [4.69, 9.17) is 14.6 Å². The summed E-state index contributed by atoms with van der Waals surface area (Å²) in [5.41, 5.74) is 2.62. The van der Waals surface area contributed by atoms with Crippen LogP contribution in [0.5, 0.6) is 5.75 Å². The van der Waals surface area contributed by atoms with E-state index in [0.717, 1.165) is 32.4 Å². The number of nitrogens with one attached hydrogen (secondary N) is 2. The van der Waals surface area contributed by atoms with Crippen molar-refractivity contribution in [1.82, 2.24) is 14.9 Å². The number of hydrogen-bond donors (Lipinski definition) is 3. The van der Waals surface area contributed by atoms with Gasteiger partial charge in [-0.25, -0.2) is 27.2 Å². The Hall–Kier alpha value is -4.62. The monoisotopic (exact) mass is 639 g/mol. The third-order valence-corrected chi connectivity index (χ3v) is 8.72. The number of ether oxygens (including phenoxy) is 1. The van der Waals surface area contributed by atoms with Crippen LogP contribution in [0.1, 0.15) is 24.8 Å². The van der Waals surface area contributed by atoms with Crippen LogP contribution in [-0.2, 0) is 14.8 Å². The fraction of sp³-hybridized carbons (Fsp3) is 0.281. The average Bonchev–Trinajstić information content (AvgIpc) is 3.00. The minimum atomic E-state index is -4.10. The first-order valence-corrected chi connectivity index (χ1v) is 15.7. The van der Waals surface area contributed by atoms with Crippen molar-refractivity contribution in [2.75, 3.05) is 36.8 Å². The molecule has 0 aliphatic carbocycles. The number of nitrogens with zero attached hydrogens (tertiary/aromatic N) is 3. The first-order chi connectivity index (χ1) is 21.6. The minimum absolute atomic E-state index is 0.222. The molecule has 0 unspecified atom stereocenters. The molecule has 0 atom stereocenters. The predicted octanol–water partition coefficient (Wildman–Crippen LogP) is 6.09. The third-order valence-electron chi connectivity index (χ3n) is 7.30. The lowest BCUT2D eigenvalue weighted by molar-refractivity contribution is -0.122. The highest BCUT2D eigenvalue weighted by atomic mass is 32.2. The van der Waals surface area contributed by atoms with Gasteiger partial charge in [-0.1, -0.05) is 6.07 Å². The summed E-state index contributed by atoms with van der Waals surface area (Å²) in [7, 11) is -1.97. The van der Waals surface area contributed by atoms with Crippen molar-refractivity contribution < 1.29 is 31.8 Å². The quantitative estimate of drug-likeness (QED) is 0.176. The van der Waals surface area contributed by atoms with Crippen molar-refractivity contribution >= 4 is 33.7 Å². The predicted molar refractivity (Wildman–Crippen MR) is 168 cm³/mol. The number of benzene rings is 3. The zero-order valence-corrected chi connectivity index (χ0v) is 25.7. The van der Waals surface area contributed by atoms with Crippen LogP contribution < -0.4 is 14.8 Å². The number of sulfonamides is 1. The molecule has 5 rings (SSSR count). The van der Waals surface area contributed by atoms with Crippen molar-refractivity contribution in [2.45, 2.75) is 31.1 Å². The fourth-order valence-corrected chi connectivity index (χ4v) is 5.97. The van der Waals surface area contributed by atoms with Gasteiger partial charge in [-0.15, -0.1) is 0 Å². The van der Waals surface area contributed by atoms with Gasteiger partial charge in [0.25, 0.3) is 16.5 Å². The molecular weight excluding hydrogens is 604 g/mol. The van der Waals surface area contributed by atoms with E-state index in [0.29, 0.717) is 40.9 Å². The lowest BCUT2D eigenvalue weighted by atomic mass is 9.94. The Morgan fingerprint density at radius 1 is 0.978 bits per heavy atom. The summed E-state index contributed by atoms with van der Waals surface area (Å²) in [6, 6.07) is 16.8. The Labute approximate surface area is 261 Å². The van der Waals surface area contributed by atoms with E-state index in [-0.39, 0.29) is 17.9 Å². The number of carbonyl (C=O) groups is 1. The molecule has 4 aromatic rings. The van der Waals surface area contributed by atoms with Gasteiger partial charge in [0, 0.05) is 23.0 Å². The second-order valence-corrected chi connectivity index (χ2v) is 12.3. The normalized spacial score (nSPS) is 13.8. The molecule has 0 spiro atoms. The first kappa shape index (κ1) is 33.3. The van der Waals surface area contributed by atoms with Gasteiger partial charge >= 0.3 is 0 Å². The number of carboxylic acid groups (broad SMARTS) is 1. The van der Waals surface area contributed by atoms with Crippen molar-refractivity contribution in [1.29, 1.82) is 0 Å². The van der Waals surface area contributed by atoms with Gasteiger partial charge in [0.15, 0.2) is 11.6 Å². The van der Waals surface area contributed by atoms with Crippen LogP contribution in [0.4, 0.5) is 26.0 Å². The highest BCUT2D eigenvalue weighted by Gasteiger charge is 2.19. The molecular formula is C32H35F2N5O5S. The Bertz CT molecular complexity index is 1700. The van der Waals surface area contributed by atoms with Gasteiger partial charge in [-0.3, -0.25) is 9.52 Å². The summed E-state index contributed by atoms with van der Waals surface area (Å²) in [6.07, 6.45) is 4.57. The molecule has 1 aromatic heterocycles. The van der Waals surface area contributed by atoms with E-state index in [9.17, 15) is 17.2 Å². The molecule has 0 radical (unpaired) electrons. The molecule has 1 aliphatic rings. The molecule has 238 valence electrons. The zero-order valence-electron chi connectivity index (χ0n) is 24.9. The number of rotatable bonds is 10. The van der Waals surface area contributed by atoms with Crippen LogP contribution >= 0.6 is 0 Å². The molecule has 0 saturated carbocycles. The van der Waals surface area contributed by atoms with E-state index in [2.05, 4.69) is 32.0 Å². The lowest BCUT2D eigenvalue weighted by Crippen LogP contribution is -2.30. The molecule has 1 fully saturated rings. The maximum atomic E-state index is 14.8. The van der Waals surface area contributed by atoms with Crippen molar-refractivity contribution in [3.05, 3.63) is 90.3 Å². The van der Waals surface area contributed by atoms with Crippen LogP contribution in [0.25, 0.3) is 11.3 Å². The molecule has 0 bridgehead atoms. The average molecular weight is 640 g/mol. The topological polar surface area (TPSA) is 134 Å². The smallest absolute Gasteiger partial charge is 0.290 e. The third kappa shape index (κ3) is 9.43. The van der Waals surface area contributed by atoms with Gasteiger partial charge in [-0.2, -0.15) is 0 Å². The molecule has 10 nitrogen and oxygen atoms in total. The van der Waals surface area contributed by atoms with Crippen LogP contribution in [-0.4, -0.2) is 61.6 Å². The van der Waals surface area contributed by atoms with Gasteiger partial charge in [-0.05, 0) is 112 Å². The van der Waals surface area contributed by atoms with Crippen LogP contribution in [0, 0.1) is 24.5 Å². The van der Waals surface area contributed by atoms with Gasteiger partial charge in [0.05, 0.1) is 12.3 Å². The van der Waals surface area contributed by atoms with E-state index < -0.39 is 26.6 Å². The fourth-order valence-electron chi connectivity index (χ4n) is 4.85. The number of piperidine rings is 1.